The van der Waals surface area contributed by atoms with Gasteiger partial charge in [0.05, 0.1) is 10.7 Å². The summed E-state index contributed by atoms with van der Waals surface area (Å²) in [4.78, 5) is 11.9. The van der Waals surface area contributed by atoms with E-state index in [-0.39, 0.29) is 39.2 Å². The van der Waals surface area contributed by atoms with Crippen molar-refractivity contribution in [1.82, 2.24) is 8.77 Å². The van der Waals surface area contributed by atoms with Gasteiger partial charge >= 0.3 is 0 Å². The van der Waals surface area contributed by atoms with Crippen LogP contribution in [-0.2, 0) is 23.5 Å². The van der Waals surface area contributed by atoms with Crippen molar-refractivity contribution < 1.29 is 13.5 Å². The number of hydrogen-bond donors (Lipinski definition) is 1. The van der Waals surface area contributed by atoms with Gasteiger partial charge in [0.15, 0.2) is 0 Å². The first-order valence-electron chi connectivity index (χ1n) is 6.30. The monoisotopic (exact) mass is 364 g/mol. The Morgan fingerprint density at radius 1 is 1.27 bits per heavy atom. The summed E-state index contributed by atoms with van der Waals surface area (Å²) in [6.07, 6.45) is 0.0737. The van der Waals surface area contributed by atoms with Crippen molar-refractivity contribution in [3.8, 4) is 0 Å². The van der Waals surface area contributed by atoms with Gasteiger partial charge in [-0.3, -0.25) is 4.79 Å². The lowest BCUT2D eigenvalue weighted by Crippen LogP contribution is -2.26. The second kappa shape index (κ2) is 6.08. The molecule has 0 saturated heterocycles. The molecule has 22 heavy (non-hydrogen) atoms. The van der Waals surface area contributed by atoms with Gasteiger partial charge in [0, 0.05) is 30.7 Å². The van der Waals surface area contributed by atoms with E-state index in [1.54, 1.807) is 0 Å². The van der Waals surface area contributed by atoms with Crippen LogP contribution in [0.1, 0.15) is 11.3 Å². The summed E-state index contributed by atoms with van der Waals surface area (Å²) in [5.41, 5.74) is -0.00223. The minimum Gasteiger partial charge on any atom is -0.396 e. The molecule has 2 rings (SSSR count). The van der Waals surface area contributed by atoms with Gasteiger partial charge < -0.3 is 5.11 Å². The summed E-state index contributed by atoms with van der Waals surface area (Å²) in [6, 6.07) is 4.08. The highest BCUT2D eigenvalue weighted by Gasteiger charge is 2.27. The van der Waals surface area contributed by atoms with E-state index in [0.29, 0.717) is 0 Å². The summed E-state index contributed by atoms with van der Waals surface area (Å²) in [6.45, 7) is 1.25. The van der Waals surface area contributed by atoms with E-state index in [9.17, 15) is 13.2 Å². The Kier molecular flexibility index (Phi) is 4.72. The Morgan fingerprint density at radius 3 is 2.50 bits per heavy atom. The van der Waals surface area contributed by atoms with Crippen molar-refractivity contribution in [1.29, 1.82) is 0 Å². The maximum absolute atomic E-state index is 12.8. The number of aliphatic hydroxyl groups is 1. The molecule has 0 saturated carbocycles. The largest absolute Gasteiger partial charge is 0.396 e. The Bertz CT molecular complexity index is 884. The molecule has 1 N–H and O–H groups in total. The van der Waals surface area contributed by atoms with Crippen LogP contribution in [0.3, 0.4) is 0 Å². The number of benzene rings is 1. The molecular formula is C13H14Cl2N2O4S. The number of nitrogens with zero attached hydrogens (tertiary/aromatic N) is 2. The quantitative estimate of drug-likeness (QED) is 0.892. The van der Waals surface area contributed by atoms with E-state index >= 15 is 0 Å². The molecule has 120 valence electrons. The van der Waals surface area contributed by atoms with E-state index in [1.165, 1.54) is 32.2 Å². The average Bonchev–Trinajstić information content (AvgIpc) is 2.66. The summed E-state index contributed by atoms with van der Waals surface area (Å²) in [5, 5.41) is 9.25. The third kappa shape index (κ3) is 2.69. The predicted octanol–water partition coefficient (Wildman–Crippen LogP) is 1.57. The van der Waals surface area contributed by atoms with Crippen molar-refractivity contribution in [2.45, 2.75) is 18.2 Å². The standard InChI is InChI=1S/C13H14Cl2N2O4S/c1-8-10(5-6-18)13(19)16(2)17(8)22(20,21)12-7-9(14)3-4-11(12)15/h3-4,7,18H,5-6H2,1-2H3. The van der Waals surface area contributed by atoms with E-state index in [4.69, 9.17) is 28.3 Å². The van der Waals surface area contributed by atoms with Crippen LogP contribution in [0.15, 0.2) is 27.9 Å². The van der Waals surface area contributed by atoms with Gasteiger partial charge in [-0.2, -0.15) is 12.5 Å². The highest BCUT2D eigenvalue weighted by atomic mass is 35.5. The second-order valence-corrected chi connectivity index (χ2v) is 7.27. The topological polar surface area (TPSA) is 81.3 Å². The normalized spacial score (nSPS) is 11.9. The third-order valence-corrected chi connectivity index (χ3v) is 5.85. The smallest absolute Gasteiger partial charge is 0.283 e. The van der Waals surface area contributed by atoms with Crippen molar-refractivity contribution in [3.63, 3.8) is 0 Å². The van der Waals surface area contributed by atoms with Crippen molar-refractivity contribution in [2.24, 2.45) is 7.05 Å². The van der Waals surface area contributed by atoms with Crippen molar-refractivity contribution >= 4 is 33.2 Å². The molecule has 1 heterocycles. The molecule has 6 nitrogen and oxygen atoms in total. The molecule has 0 amide bonds. The van der Waals surface area contributed by atoms with Crippen LogP contribution in [0.25, 0.3) is 0 Å². The van der Waals surface area contributed by atoms with E-state index in [2.05, 4.69) is 0 Å². The van der Waals surface area contributed by atoms with Gasteiger partial charge in [-0.15, -0.1) is 0 Å². The zero-order valence-corrected chi connectivity index (χ0v) is 14.2. The van der Waals surface area contributed by atoms with Crippen molar-refractivity contribution in [2.75, 3.05) is 6.61 Å². The van der Waals surface area contributed by atoms with E-state index < -0.39 is 15.6 Å². The minimum absolute atomic E-state index is 0.00802. The van der Waals surface area contributed by atoms with Crippen LogP contribution in [0.4, 0.5) is 0 Å². The molecular weight excluding hydrogens is 351 g/mol. The molecule has 0 aliphatic carbocycles. The lowest BCUT2D eigenvalue weighted by molar-refractivity contribution is 0.299. The molecule has 0 unspecified atom stereocenters. The van der Waals surface area contributed by atoms with Gasteiger partial charge in [-0.25, -0.2) is 4.68 Å². The highest BCUT2D eigenvalue weighted by molar-refractivity contribution is 7.90. The van der Waals surface area contributed by atoms with Crippen molar-refractivity contribution in [3.05, 3.63) is 49.9 Å². The fourth-order valence-electron chi connectivity index (χ4n) is 2.28. The lowest BCUT2D eigenvalue weighted by atomic mass is 10.2. The summed E-state index contributed by atoms with van der Waals surface area (Å²) in [7, 11) is -2.75. The number of halogens is 2. The number of aromatic nitrogens is 2. The third-order valence-electron chi connectivity index (χ3n) is 3.31. The van der Waals surface area contributed by atoms with E-state index in [0.717, 1.165) is 8.77 Å². The Hall–Kier alpha value is -1.28. The minimum atomic E-state index is -4.09. The zero-order valence-electron chi connectivity index (χ0n) is 11.9. The fraction of sp³-hybridized carbons (Fsp3) is 0.308. The summed E-state index contributed by atoms with van der Waals surface area (Å²) >= 11 is 11.8. The van der Waals surface area contributed by atoms with Crippen LogP contribution < -0.4 is 5.56 Å². The Balaban J connectivity index is 2.78. The lowest BCUT2D eigenvalue weighted by Gasteiger charge is -2.12. The summed E-state index contributed by atoms with van der Waals surface area (Å²) < 4.78 is 27.5. The molecule has 0 spiro atoms. The van der Waals surface area contributed by atoms with Gasteiger partial charge in [0.25, 0.3) is 15.6 Å². The maximum atomic E-state index is 12.8. The first-order valence-corrected chi connectivity index (χ1v) is 8.50. The van der Waals surface area contributed by atoms with Gasteiger partial charge in [-0.05, 0) is 25.1 Å². The Labute approximate surface area is 137 Å². The first-order chi connectivity index (χ1) is 10.2. The van der Waals surface area contributed by atoms with Crippen LogP contribution >= 0.6 is 23.2 Å². The second-order valence-electron chi connectivity index (χ2n) is 4.69. The Morgan fingerprint density at radius 2 is 1.91 bits per heavy atom. The molecule has 1 aromatic heterocycles. The molecule has 0 aliphatic heterocycles. The number of hydrogen-bond acceptors (Lipinski definition) is 4. The maximum Gasteiger partial charge on any atom is 0.283 e. The van der Waals surface area contributed by atoms with Crippen LogP contribution in [0, 0.1) is 6.92 Å². The molecule has 0 aliphatic rings. The molecule has 2 aromatic rings. The SMILES string of the molecule is Cc1c(CCO)c(=O)n(C)n1S(=O)(=O)c1cc(Cl)ccc1Cl. The molecule has 9 heteroatoms. The molecule has 0 radical (unpaired) electrons. The summed E-state index contributed by atoms with van der Waals surface area (Å²) in [5.74, 6) is 0. The van der Waals surface area contributed by atoms with E-state index in [1.807, 2.05) is 0 Å². The molecule has 0 fully saturated rings. The zero-order chi connectivity index (χ0) is 16.7. The first kappa shape index (κ1) is 17.1. The molecule has 1 aromatic carbocycles. The van der Waals surface area contributed by atoms with Gasteiger partial charge in [0.2, 0.25) is 0 Å². The predicted molar refractivity (Wildman–Crippen MR) is 84.2 cm³/mol. The van der Waals surface area contributed by atoms with Crippen LogP contribution in [-0.4, -0.2) is 28.9 Å². The number of aliphatic hydroxyl groups excluding tert-OH is 1. The van der Waals surface area contributed by atoms with Gasteiger partial charge in [0.1, 0.15) is 4.90 Å². The fourth-order valence-corrected chi connectivity index (χ4v) is 4.57. The molecule has 0 atom stereocenters. The molecule has 0 bridgehead atoms. The highest BCUT2D eigenvalue weighted by Crippen LogP contribution is 2.27. The van der Waals surface area contributed by atoms with Crippen LogP contribution in [0.2, 0.25) is 10.0 Å². The van der Waals surface area contributed by atoms with Crippen LogP contribution in [0.5, 0.6) is 0 Å². The number of rotatable bonds is 4. The average molecular weight is 365 g/mol. The van der Waals surface area contributed by atoms with Gasteiger partial charge in [-0.1, -0.05) is 23.2 Å².